The molecule has 0 bridgehead atoms. The Kier molecular flexibility index (Phi) is 8.09. The molecule has 0 aliphatic heterocycles. The minimum atomic E-state index is -0.711. The van der Waals surface area contributed by atoms with E-state index in [0.29, 0.717) is 6.42 Å². The summed E-state index contributed by atoms with van der Waals surface area (Å²) in [6.45, 7) is 11.0. The van der Waals surface area contributed by atoms with Crippen LogP contribution in [0.2, 0.25) is 0 Å². The van der Waals surface area contributed by atoms with Crippen LogP contribution in [-0.4, -0.2) is 37.7 Å². The molecular formula is C8H20O2P+. The normalized spacial score (nSPS) is 9.91. The van der Waals surface area contributed by atoms with Crippen molar-refractivity contribution in [3.8, 4) is 0 Å². The van der Waals surface area contributed by atoms with Gasteiger partial charge in [-0.1, -0.05) is 6.92 Å². The molecule has 0 aromatic rings. The van der Waals surface area contributed by atoms with Gasteiger partial charge < -0.3 is 5.11 Å². The molecule has 0 fully saturated rings. The molecule has 2 nitrogen and oxygen atoms in total. The molecule has 0 rings (SSSR count). The Balaban J connectivity index is 0. The molecule has 0 aromatic carbocycles. The van der Waals surface area contributed by atoms with Gasteiger partial charge in [0.1, 0.15) is 0 Å². The van der Waals surface area contributed by atoms with Crippen LogP contribution in [-0.2, 0) is 4.79 Å². The van der Waals surface area contributed by atoms with Crippen molar-refractivity contribution in [1.29, 1.82) is 0 Å². The van der Waals surface area contributed by atoms with Gasteiger partial charge in [0.2, 0.25) is 0 Å². The zero-order valence-corrected chi connectivity index (χ0v) is 9.11. The molecule has 11 heavy (non-hydrogen) atoms. The second-order valence-electron chi connectivity index (χ2n) is 3.83. The molecule has 68 valence electrons. The Hall–Kier alpha value is -0.100. The van der Waals surface area contributed by atoms with Crippen LogP contribution in [0.25, 0.3) is 0 Å². The number of rotatable bonds is 2. The average molecular weight is 179 g/mol. The quantitative estimate of drug-likeness (QED) is 0.661. The third-order valence-electron chi connectivity index (χ3n) is 0.464. The number of carboxylic acids is 1. The van der Waals surface area contributed by atoms with E-state index in [-0.39, 0.29) is 7.26 Å². The first kappa shape index (κ1) is 13.5. The van der Waals surface area contributed by atoms with Gasteiger partial charge in [0.25, 0.3) is 0 Å². The summed E-state index contributed by atoms with van der Waals surface area (Å²) in [6, 6.07) is 0. The highest BCUT2D eigenvalue weighted by Gasteiger charge is 2.03. The summed E-state index contributed by atoms with van der Waals surface area (Å²) in [7, 11) is -0.389. The van der Waals surface area contributed by atoms with E-state index in [1.807, 2.05) is 6.92 Å². The van der Waals surface area contributed by atoms with Gasteiger partial charge in [-0.3, -0.25) is 4.79 Å². The van der Waals surface area contributed by atoms with E-state index < -0.39 is 5.97 Å². The van der Waals surface area contributed by atoms with Crippen LogP contribution in [0, 0.1) is 0 Å². The van der Waals surface area contributed by atoms with Crippen LogP contribution in [0.15, 0.2) is 0 Å². The van der Waals surface area contributed by atoms with Crippen LogP contribution >= 0.6 is 7.26 Å². The number of hydrogen-bond donors (Lipinski definition) is 1. The zero-order chi connectivity index (χ0) is 9.49. The molecular weight excluding hydrogens is 159 g/mol. The maximum atomic E-state index is 9.60. The molecule has 0 saturated heterocycles. The number of aliphatic carboxylic acids is 1. The number of carboxylic acid groups (broad SMARTS) is 1. The second kappa shape index (κ2) is 6.60. The first-order valence-electron chi connectivity index (χ1n) is 3.78. The third-order valence-corrected chi connectivity index (χ3v) is 0.464. The van der Waals surface area contributed by atoms with E-state index >= 15 is 0 Å². The fraction of sp³-hybridized carbons (Fsp3) is 0.875. The summed E-state index contributed by atoms with van der Waals surface area (Å²) in [5, 5.41) is 7.91. The maximum Gasteiger partial charge on any atom is 0.303 e. The highest BCUT2D eigenvalue weighted by Crippen LogP contribution is 2.40. The van der Waals surface area contributed by atoms with E-state index in [1.54, 1.807) is 0 Å². The Labute approximate surface area is 70.3 Å². The van der Waals surface area contributed by atoms with Gasteiger partial charge in [0.15, 0.2) is 0 Å². The van der Waals surface area contributed by atoms with Crippen molar-refractivity contribution in [1.82, 2.24) is 0 Å². The Morgan fingerprint density at radius 1 is 1.27 bits per heavy atom. The van der Waals surface area contributed by atoms with Gasteiger partial charge >= 0.3 is 5.97 Å². The molecule has 0 aliphatic rings. The van der Waals surface area contributed by atoms with Gasteiger partial charge in [-0.25, -0.2) is 0 Å². The lowest BCUT2D eigenvalue weighted by molar-refractivity contribution is -0.137. The van der Waals surface area contributed by atoms with Crippen LogP contribution in [0.3, 0.4) is 0 Å². The minimum absolute atomic E-state index is 0.292. The summed E-state index contributed by atoms with van der Waals surface area (Å²) < 4.78 is 0. The molecule has 1 N–H and O–H groups in total. The van der Waals surface area contributed by atoms with Gasteiger partial charge in [-0.2, -0.15) is 0 Å². The Morgan fingerprint density at radius 2 is 1.55 bits per heavy atom. The fourth-order valence-electron chi connectivity index (χ4n) is 0.214. The SMILES string of the molecule is CCCC(=O)O.C[P+](C)(C)C. The topological polar surface area (TPSA) is 37.3 Å². The van der Waals surface area contributed by atoms with Crippen LogP contribution in [0.5, 0.6) is 0 Å². The lowest BCUT2D eigenvalue weighted by Gasteiger charge is -1.97. The van der Waals surface area contributed by atoms with Crippen LogP contribution in [0.4, 0.5) is 0 Å². The van der Waals surface area contributed by atoms with E-state index in [2.05, 4.69) is 26.7 Å². The summed E-state index contributed by atoms with van der Waals surface area (Å²) >= 11 is 0. The lowest BCUT2D eigenvalue weighted by Crippen LogP contribution is -1.90. The summed E-state index contributed by atoms with van der Waals surface area (Å²) in [4.78, 5) is 9.60. The highest BCUT2D eigenvalue weighted by atomic mass is 31.2. The standard InChI is InChI=1S/C4H8O2.C4H12P/c1-2-3-4(5)6;1-5(2,3)4/h2-3H2,1H3,(H,5,6);1-4H3/q;+1. The second-order valence-corrected chi connectivity index (χ2v) is 9.19. The van der Waals surface area contributed by atoms with Crippen molar-refractivity contribution >= 4 is 13.2 Å². The third kappa shape index (κ3) is 73.5. The van der Waals surface area contributed by atoms with Gasteiger partial charge in [0.05, 0.1) is 0 Å². The zero-order valence-electron chi connectivity index (χ0n) is 8.22. The first-order chi connectivity index (χ1) is 4.77. The molecule has 0 radical (unpaired) electrons. The van der Waals surface area contributed by atoms with E-state index in [9.17, 15) is 4.79 Å². The molecule has 0 unspecified atom stereocenters. The lowest BCUT2D eigenvalue weighted by atomic mass is 10.4. The van der Waals surface area contributed by atoms with Crippen molar-refractivity contribution in [3.63, 3.8) is 0 Å². The summed E-state index contributed by atoms with van der Waals surface area (Å²) in [5.41, 5.74) is 0. The van der Waals surface area contributed by atoms with Crippen molar-refractivity contribution in [3.05, 3.63) is 0 Å². The van der Waals surface area contributed by atoms with E-state index in [0.717, 1.165) is 6.42 Å². The Morgan fingerprint density at radius 3 is 1.55 bits per heavy atom. The molecule has 0 aromatic heterocycles. The highest BCUT2D eigenvalue weighted by molar-refractivity contribution is 7.72. The average Bonchev–Trinajstić information content (AvgIpc) is 1.58. The van der Waals surface area contributed by atoms with Gasteiger partial charge in [-0.15, -0.1) is 0 Å². The predicted molar refractivity (Wildman–Crippen MR) is 53.2 cm³/mol. The van der Waals surface area contributed by atoms with Gasteiger partial charge in [-0.05, 0) is 6.42 Å². The predicted octanol–water partition coefficient (Wildman–Crippen LogP) is 2.39. The maximum absolute atomic E-state index is 9.60. The first-order valence-corrected chi connectivity index (χ1v) is 7.35. The van der Waals surface area contributed by atoms with Crippen molar-refractivity contribution < 1.29 is 9.90 Å². The summed E-state index contributed by atoms with van der Waals surface area (Å²) in [5.74, 6) is -0.711. The monoisotopic (exact) mass is 179 g/mol. The minimum Gasteiger partial charge on any atom is -0.481 e. The Bertz CT molecular complexity index is 99.1. The molecule has 0 spiro atoms. The van der Waals surface area contributed by atoms with Gasteiger partial charge in [0, 0.05) is 40.3 Å². The largest absolute Gasteiger partial charge is 0.481 e. The number of hydrogen-bond acceptors (Lipinski definition) is 1. The van der Waals surface area contributed by atoms with E-state index in [1.165, 1.54) is 0 Å². The summed E-state index contributed by atoms with van der Waals surface area (Å²) in [6.07, 6.45) is 1.02. The van der Waals surface area contributed by atoms with Crippen LogP contribution < -0.4 is 0 Å². The van der Waals surface area contributed by atoms with Crippen LogP contribution in [0.1, 0.15) is 19.8 Å². The van der Waals surface area contributed by atoms with Crippen molar-refractivity contribution in [2.24, 2.45) is 0 Å². The molecule has 0 atom stereocenters. The number of carbonyl (C=O) groups is 1. The van der Waals surface area contributed by atoms with Crippen molar-refractivity contribution in [2.75, 3.05) is 26.7 Å². The fourth-order valence-corrected chi connectivity index (χ4v) is 0.214. The molecule has 0 heterocycles. The molecule has 3 heteroatoms. The molecule has 0 aliphatic carbocycles. The van der Waals surface area contributed by atoms with E-state index in [4.69, 9.17) is 5.11 Å². The van der Waals surface area contributed by atoms with Crippen molar-refractivity contribution in [2.45, 2.75) is 19.8 Å². The smallest absolute Gasteiger partial charge is 0.303 e. The molecule has 0 saturated carbocycles. The molecule has 0 amide bonds.